The summed E-state index contributed by atoms with van der Waals surface area (Å²) in [6, 6.07) is 19.5. The topological polar surface area (TPSA) is 181 Å². The summed E-state index contributed by atoms with van der Waals surface area (Å²) in [6.45, 7) is 23.2. The number of carbonyl (C=O) groups is 2. The van der Waals surface area contributed by atoms with Crippen molar-refractivity contribution >= 4 is 56.5 Å². The maximum atomic E-state index is 17.2. The van der Waals surface area contributed by atoms with Gasteiger partial charge in [-0.1, -0.05) is 68.4 Å². The Bertz CT molecular complexity index is 3470. The first-order chi connectivity index (χ1) is 40.1. The molecule has 5 aliphatic heterocycles. The van der Waals surface area contributed by atoms with Gasteiger partial charge in [0.2, 0.25) is 11.8 Å². The van der Waals surface area contributed by atoms with Gasteiger partial charge in [-0.3, -0.25) is 24.4 Å². The van der Waals surface area contributed by atoms with Crippen molar-refractivity contribution in [2.24, 2.45) is 11.8 Å². The average molecular weight is 1150 g/mol. The standard InChI is InChI=1S/C64H79FN12O5S/c1-8-41-11-9-12-44-31-48(78)32-49(55(41)44)57-56(65)58-50(34-66-57)60(75-35-46-18-19-47(36-75)69-46)71-63(70-58)81-30-29-73-23-20-45(21-24-73)64(6,7)76-27-25-74(26-28-76)53-33-52(82-72-53)54(38(2)3)62(80)77-22-10-13-51(77)61(79)68-39(4)42-14-16-43(17-15-42)59-40(5)67-37-83-59/h9,11-12,14-17,31-34,37-39,45-47,51,54,69,78H,8,10,13,18-30,35-36H2,1-7H3,(H,68,79)/t39-,46?,47?,51-,54+/m0/s1. The maximum absolute atomic E-state index is 17.2. The molecule has 2 bridgehead atoms. The number of thiazole rings is 1. The number of halogens is 1. The lowest BCUT2D eigenvalue weighted by molar-refractivity contribution is -0.141. The number of likely N-dealkylation sites (tertiary alicyclic amines) is 2. The fraction of sp³-hybridized carbons (Fsp3) is 0.516. The third-order valence-electron chi connectivity index (χ3n) is 18.9. The molecule has 0 spiro atoms. The number of aryl methyl sites for hydroxylation is 2. The quantitative estimate of drug-likeness (QED) is 0.0783. The molecule has 19 heteroatoms. The number of phenolic OH excluding ortho intramolecular Hbond substituents is 1. The first-order valence-corrected chi connectivity index (χ1v) is 31.0. The maximum Gasteiger partial charge on any atom is 0.319 e. The summed E-state index contributed by atoms with van der Waals surface area (Å²) in [4.78, 5) is 59.7. The lowest BCUT2D eigenvalue weighted by atomic mass is 9.78. The summed E-state index contributed by atoms with van der Waals surface area (Å²) in [5.41, 5.74) is 6.82. The number of anilines is 2. The fourth-order valence-electron chi connectivity index (χ4n) is 14.0. The smallest absolute Gasteiger partial charge is 0.319 e. The second kappa shape index (κ2) is 23.7. The van der Waals surface area contributed by atoms with Gasteiger partial charge in [-0.2, -0.15) is 9.97 Å². The molecule has 0 radical (unpaired) electrons. The largest absolute Gasteiger partial charge is 0.508 e. The predicted molar refractivity (Wildman–Crippen MR) is 324 cm³/mol. The van der Waals surface area contributed by atoms with E-state index in [0.29, 0.717) is 66.6 Å². The zero-order valence-corrected chi connectivity index (χ0v) is 49.9. The number of hydrogen-bond acceptors (Lipinski definition) is 16. The van der Waals surface area contributed by atoms with Crippen molar-refractivity contribution in [2.75, 3.05) is 81.9 Å². The molecule has 438 valence electrons. The summed E-state index contributed by atoms with van der Waals surface area (Å²) in [5, 5.41) is 24.5. The van der Waals surface area contributed by atoms with E-state index in [0.717, 1.165) is 135 Å². The molecule has 83 heavy (non-hydrogen) atoms. The van der Waals surface area contributed by atoms with Crippen molar-refractivity contribution in [3.8, 4) is 33.5 Å². The number of nitrogens with zero attached hydrogens (tertiary/aromatic N) is 10. The Hall–Kier alpha value is -6.80. The third-order valence-corrected chi connectivity index (χ3v) is 19.8. The molecule has 3 aromatic carbocycles. The van der Waals surface area contributed by atoms with Crippen LogP contribution in [0.3, 0.4) is 0 Å². The molecule has 12 rings (SSSR count). The summed E-state index contributed by atoms with van der Waals surface area (Å²) in [5.74, 6) is 1.04. The average Bonchev–Trinajstić information content (AvgIpc) is 4.55. The molecule has 0 aliphatic carbocycles. The van der Waals surface area contributed by atoms with Crippen molar-refractivity contribution in [1.82, 2.24) is 50.4 Å². The number of nitrogens with one attached hydrogen (secondary N) is 2. The highest BCUT2D eigenvalue weighted by molar-refractivity contribution is 7.13. The number of amides is 2. The summed E-state index contributed by atoms with van der Waals surface area (Å²) in [6.07, 6.45) is 8.09. The molecule has 3 N–H and O–H groups in total. The van der Waals surface area contributed by atoms with E-state index in [-0.39, 0.29) is 52.3 Å². The number of piperazine rings is 2. The van der Waals surface area contributed by atoms with Crippen LogP contribution in [-0.4, -0.2) is 152 Å². The Kier molecular flexibility index (Phi) is 16.2. The highest BCUT2D eigenvalue weighted by Crippen LogP contribution is 2.41. The fourth-order valence-corrected chi connectivity index (χ4v) is 14.9. The normalized spacial score (nSPS) is 20.9. The van der Waals surface area contributed by atoms with E-state index in [1.54, 1.807) is 34.6 Å². The van der Waals surface area contributed by atoms with E-state index < -0.39 is 17.8 Å². The SMILES string of the molecule is CCc1cccc2cc(O)cc(-c3ncc4c(N5CC6CCC(C5)N6)nc(OCCN5CCC(C(C)(C)N6CCN(c7cc([C@H](C(=O)N8CCC[C@H]8C(=O)N[C@@H](C)c8ccc(-c9scnc9C)cc8)C(C)C)on7)CC6)CC5)nc4c3F)c12. The van der Waals surface area contributed by atoms with Crippen LogP contribution in [0.15, 0.2) is 76.9 Å². The third kappa shape index (κ3) is 11.4. The molecule has 7 aromatic rings. The highest BCUT2D eigenvalue weighted by atomic mass is 32.1. The van der Waals surface area contributed by atoms with Crippen molar-refractivity contribution in [1.29, 1.82) is 0 Å². The van der Waals surface area contributed by atoms with Crippen molar-refractivity contribution in [3.05, 3.63) is 101 Å². The van der Waals surface area contributed by atoms with Gasteiger partial charge in [-0.25, -0.2) is 9.37 Å². The second-order valence-electron chi connectivity index (χ2n) is 24.6. The zero-order chi connectivity index (χ0) is 57.7. The molecule has 5 saturated heterocycles. The lowest BCUT2D eigenvalue weighted by Crippen LogP contribution is -2.59. The molecular formula is C64H79FN12O5S. The number of benzene rings is 3. The summed E-state index contributed by atoms with van der Waals surface area (Å²) < 4.78 is 29.6. The minimum atomic E-state index is -0.565. The minimum Gasteiger partial charge on any atom is -0.508 e. The monoisotopic (exact) mass is 1150 g/mol. The highest BCUT2D eigenvalue weighted by Gasteiger charge is 2.43. The van der Waals surface area contributed by atoms with Gasteiger partial charge in [-0.15, -0.1) is 11.3 Å². The van der Waals surface area contributed by atoms with E-state index in [1.807, 2.05) is 57.5 Å². The van der Waals surface area contributed by atoms with Gasteiger partial charge in [0.15, 0.2) is 17.4 Å². The van der Waals surface area contributed by atoms with E-state index >= 15 is 4.39 Å². The number of aromatic nitrogens is 5. The van der Waals surface area contributed by atoms with Gasteiger partial charge in [0.05, 0.1) is 27.5 Å². The van der Waals surface area contributed by atoms with Crippen molar-refractivity contribution < 1.29 is 28.3 Å². The van der Waals surface area contributed by atoms with Crippen LogP contribution in [0.4, 0.5) is 16.0 Å². The number of pyridine rings is 1. The number of ether oxygens (including phenoxy) is 1. The molecule has 2 unspecified atom stereocenters. The number of piperidine rings is 1. The summed E-state index contributed by atoms with van der Waals surface area (Å²) >= 11 is 1.62. The number of aromatic hydroxyl groups is 1. The number of phenols is 1. The van der Waals surface area contributed by atoms with Gasteiger partial charge in [0, 0.05) is 87.8 Å². The Labute approximate surface area is 490 Å². The van der Waals surface area contributed by atoms with Crippen molar-refractivity contribution in [3.63, 3.8) is 0 Å². The van der Waals surface area contributed by atoms with Gasteiger partial charge in [0.1, 0.15) is 41.3 Å². The summed E-state index contributed by atoms with van der Waals surface area (Å²) in [7, 11) is 0. The molecule has 4 aromatic heterocycles. The molecule has 5 atom stereocenters. The number of fused-ring (bicyclic) bond motifs is 4. The van der Waals surface area contributed by atoms with Crippen LogP contribution in [0, 0.1) is 24.6 Å². The van der Waals surface area contributed by atoms with Crippen LogP contribution in [0.2, 0.25) is 0 Å². The van der Waals surface area contributed by atoms with E-state index in [2.05, 4.69) is 85.4 Å². The molecule has 5 aliphatic rings. The minimum absolute atomic E-state index is 0.0272. The van der Waals surface area contributed by atoms with Crippen LogP contribution in [-0.2, 0) is 16.0 Å². The Morgan fingerprint density at radius 2 is 1.67 bits per heavy atom. The van der Waals surface area contributed by atoms with Gasteiger partial charge >= 0.3 is 6.01 Å². The molecular weight excluding hydrogens is 1070 g/mol. The van der Waals surface area contributed by atoms with Crippen LogP contribution in [0.5, 0.6) is 11.8 Å². The molecule has 2 amide bonds. The first-order valence-electron chi connectivity index (χ1n) is 30.2. The molecule has 9 heterocycles. The zero-order valence-electron chi connectivity index (χ0n) is 49.0. The predicted octanol–water partition coefficient (Wildman–Crippen LogP) is 9.91. The molecule has 0 saturated carbocycles. The van der Waals surface area contributed by atoms with Crippen molar-refractivity contribution in [2.45, 2.75) is 129 Å². The first kappa shape index (κ1) is 56.7. The Balaban J connectivity index is 0.648. The Morgan fingerprint density at radius 1 is 0.916 bits per heavy atom. The number of carbonyl (C=O) groups excluding carboxylic acids is 2. The van der Waals surface area contributed by atoms with Gasteiger partial charge in [0.25, 0.3) is 0 Å². The van der Waals surface area contributed by atoms with Gasteiger partial charge in [-0.05, 0) is 137 Å². The lowest BCUT2D eigenvalue weighted by Gasteiger charge is -2.50. The van der Waals surface area contributed by atoms with E-state index in [9.17, 15) is 14.7 Å². The van der Waals surface area contributed by atoms with Gasteiger partial charge < -0.3 is 39.7 Å². The van der Waals surface area contributed by atoms with Crippen LogP contribution >= 0.6 is 11.3 Å². The Morgan fingerprint density at radius 3 is 2.39 bits per heavy atom. The van der Waals surface area contributed by atoms with E-state index in [4.69, 9.17) is 24.2 Å². The van der Waals surface area contributed by atoms with Crippen LogP contribution in [0.1, 0.15) is 115 Å². The van der Waals surface area contributed by atoms with Crippen LogP contribution < -0.4 is 25.2 Å². The number of hydrogen-bond donors (Lipinski definition) is 3. The molecule has 17 nitrogen and oxygen atoms in total. The number of rotatable bonds is 17. The molecule has 5 fully saturated rings. The second-order valence-corrected chi connectivity index (χ2v) is 25.5. The van der Waals surface area contributed by atoms with Crippen LogP contribution in [0.25, 0.3) is 43.4 Å². The van der Waals surface area contributed by atoms with E-state index in [1.165, 1.54) is 0 Å².